The molecule has 148 valence electrons. The fourth-order valence-electron chi connectivity index (χ4n) is 2.48. The van der Waals surface area contributed by atoms with Crippen molar-refractivity contribution in [1.29, 1.82) is 0 Å². The number of terminal acetylenes is 1. The van der Waals surface area contributed by atoms with Crippen LogP contribution in [0.3, 0.4) is 0 Å². The van der Waals surface area contributed by atoms with Gasteiger partial charge in [0.05, 0.1) is 25.1 Å². The zero-order valence-electron chi connectivity index (χ0n) is 15.7. The van der Waals surface area contributed by atoms with Gasteiger partial charge in [-0.25, -0.2) is 9.97 Å². The number of imidazole rings is 1. The molecule has 1 atom stereocenters. The number of H-pyrrole nitrogens is 1. The van der Waals surface area contributed by atoms with E-state index in [2.05, 4.69) is 31.5 Å². The monoisotopic (exact) mass is 385 g/mol. The van der Waals surface area contributed by atoms with E-state index in [9.17, 15) is 14.4 Å². The Kier molecular flexibility index (Phi) is 7.96. The molecule has 2 aromatic heterocycles. The number of amides is 2. The fourth-order valence-corrected chi connectivity index (χ4v) is 2.48. The van der Waals surface area contributed by atoms with Crippen molar-refractivity contribution in [2.24, 2.45) is 0 Å². The van der Waals surface area contributed by atoms with E-state index < -0.39 is 17.9 Å². The minimum Gasteiger partial charge on any atom is -0.466 e. The van der Waals surface area contributed by atoms with E-state index in [1.165, 1.54) is 0 Å². The van der Waals surface area contributed by atoms with Crippen molar-refractivity contribution in [2.45, 2.75) is 38.6 Å². The molecular formula is C19H23N5O4. The minimum absolute atomic E-state index is 0.115. The van der Waals surface area contributed by atoms with E-state index in [1.54, 1.807) is 13.1 Å². The summed E-state index contributed by atoms with van der Waals surface area (Å²) in [5.74, 6) is 1.86. The Hall–Kier alpha value is -3.41. The lowest BCUT2D eigenvalue weighted by Crippen LogP contribution is -2.42. The molecule has 9 nitrogen and oxygen atoms in total. The number of nitrogens with one attached hydrogen (secondary N) is 3. The highest BCUT2D eigenvalue weighted by atomic mass is 16.5. The lowest BCUT2D eigenvalue weighted by molar-refractivity contribution is -0.143. The molecule has 0 aromatic carbocycles. The smallest absolute Gasteiger partial charge is 0.308 e. The van der Waals surface area contributed by atoms with Gasteiger partial charge < -0.3 is 20.4 Å². The van der Waals surface area contributed by atoms with Gasteiger partial charge in [0, 0.05) is 19.0 Å². The number of nitrogens with zero attached hydrogens (tertiary/aromatic N) is 2. The third-order valence-electron chi connectivity index (χ3n) is 3.78. The summed E-state index contributed by atoms with van der Waals surface area (Å²) in [6, 6.07) is 2.93. The van der Waals surface area contributed by atoms with Gasteiger partial charge in [-0.2, -0.15) is 0 Å². The number of carbonyl (C=O) groups is 3. The van der Waals surface area contributed by atoms with Gasteiger partial charge in [-0.05, 0) is 25.5 Å². The predicted molar refractivity (Wildman–Crippen MR) is 102 cm³/mol. The van der Waals surface area contributed by atoms with Gasteiger partial charge in [-0.1, -0.05) is 5.92 Å². The highest BCUT2D eigenvalue weighted by Crippen LogP contribution is 2.09. The molecule has 0 aliphatic rings. The number of pyridine rings is 1. The fraction of sp³-hybridized carbons (Fsp3) is 0.421. The average molecular weight is 385 g/mol. The number of aromatic amines is 1. The molecule has 0 aliphatic heterocycles. The van der Waals surface area contributed by atoms with E-state index in [0.29, 0.717) is 18.5 Å². The van der Waals surface area contributed by atoms with Crippen LogP contribution >= 0.6 is 0 Å². The van der Waals surface area contributed by atoms with Crippen molar-refractivity contribution >= 4 is 28.9 Å². The van der Waals surface area contributed by atoms with Crippen LogP contribution in [0.15, 0.2) is 18.3 Å². The molecule has 0 bridgehead atoms. The van der Waals surface area contributed by atoms with Crippen LogP contribution in [0.25, 0.3) is 11.2 Å². The van der Waals surface area contributed by atoms with Gasteiger partial charge in [0.25, 0.3) is 0 Å². The van der Waals surface area contributed by atoms with Crippen molar-refractivity contribution < 1.29 is 19.1 Å². The summed E-state index contributed by atoms with van der Waals surface area (Å²) in [6.07, 6.45) is 8.27. The van der Waals surface area contributed by atoms with Gasteiger partial charge in [0.2, 0.25) is 11.8 Å². The van der Waals surface area contributed by atoms with Crippen LogP contribution in [0.2, 0.25) is 0 Å². The van der Waals surface area contributed by atoms with Crippen LogP contribution < -0.4 is 10.6 Å². The predicted octanol–water partition coefficient (Wildman–Crippen LogP) is 0.468. The number of hydrogen-bond acceptors (Lipinski definition) is 6. The lowest BCUT2D eigenvalue weighted by Gasteiger charge is -2.12. The number of carbonyl (C=O) groups excluding carboxylic acids is 3. The zero-order valence-corrected chi connectivity index (χ0v) is 15.7. The third kappa shape index (κ3) is 6.72. The van der Waals surface area contributed by atoms with E-state index in [0.717, 1.165) is 11.3 Å². The quantitative estimate of drug-likeness (QED) is 0.403. The third-order valence-corrected chi connectivity index (χ3v) is 3.78. The Morgan fingerprint density at radius 2 is 2.18 bits per heavy atom. The summed E-state index contributed by atoms with van der Waals surface area (Å²) >= 11 is 0. The van der Waals surface area contributed by atoms with Crippen molar-refractivity contribution in [3.05, 3.63) is 24.2 Å². The molecule has 0 saturated heterocycles. The van der Waals surface area contributed by atoms with Crippen LogP contribution in [0.1, 0.15) is 32.0 Å². The highest BCUT2D eigenvalue weighted by molar-refractivity contribution is 5.85. The van der Waals surface area contributed by atoms with E-state index in [1.807, 2.05) is 12.1 Å². The summed E-state index contributed by atoms with van der Waals surface area (Å²) in [7, 11) is 0. The topological polar surface area (TPSA) is 126 Å². The van der Waals surface area contributed by atoms with Crippen molar-refractivity contribution in [2.75, 3.05) is 13.2 Å². The first-order valence-corrected chi connectivity index (χ1v) is 8.99. The second-order valence-corrected chi connectivity index (χ2v) is 5.98. The zero-order chi connectivity index (χ0) is 20.4. The SMILES string of the molecule is C#CC(CC(=O)OCC)NC(=O)CNC(=O)CCCc1nc2ncccc2[nH]1. The summed E-state index contributed by atoms with van der Waals surface area (Å²) in [6.45, 7) is 1.71. The second-order valence-electron chi connectivity index (χ2n) is 5.98. The molecule has 9 heteroatoms. The minimum atomic E-state index is -0.773. The summed E-state index contributed by atoms with van der Waals surface area (Å²) in [5, 5.41) is 5.02. The number of rotatable bonds is 10. The van der Waals surface area contributed by atoms with Crippen LogP contribution in [0.5, 0.6) is 0 Å². The molecular weight excluding hydrogens is 362 g/mol. The molecule has 0 fully saturated rings. The van der Waals surface area contributed by atoms with Crippen LogP contribution in [0.4, 0.5) is 0 Å². The lowest BCUT2D eigenvalue weighted by atomic mass is 10.2. The first-order chi connectivity index (χ1) is 13.5. The molecule has 2 amide bonds. The maximum atomic E-state index is 11.9. The van der Waals surface area contributed by atoms with Crippen molar-refractivity contribution in [3.8, 4) is 12.3 Å². The largest absolute Gasteiger partial charge is 0.466 e. The van der Waals surface area contributed by atoms with Gasteiger partial charge in [0.1, 0.15) is 11.9 Å². The summed E-state index contributed by atoms with van der Waals surface area (Å²) < 4.78 is 4.79. The van der Waals surface area contributed by atoms with Gasteiger partial charge in [-0.15, -0.1) is 6.42 Å². The Morgan fingerprint density at radius 3 is 2.89 bits per heavy atom. The molecule has 2 aromatic rings. The van der Waals surface area contributed by atoms with Crippen molar-refractivity contribution in [3.63, 3.8) is 0 Å². The summed E-state index contributed by atoms with van der Waals surface area (Å²) in [5.41, 5.74) is 1.49. The van der Waals surface area contributed by atoms with Crippen LogP contribution in [0, 0.1) is 12.3 Å². The number of aryl methyl sites for hydroxylation is 1. The Bertz CT molecular complexity index is 838. The molecule has 3 N–H and O–H groups in total. The highest BCUT2D eigenvalue weighted by Gasteiger charge is 2.15. The molecule has 0 spiro atoms. The van der Waals surface area contributed by atoms with E-state index in [4.69, 9.17) is 11.2 Å². The van der Waals surface area contributed by atoms with E-state index >= 15 is 0 Å². The van der Waals surface area contributed by atoms with E-state index in [-0.39, 0.29) is 31.9 Å². The summed E-state index contributed by atoms with van der Waals surface area (Å²) in [4.78, 5) is 46.8. The molecule has 2 heterocycles. The molecule has 0 aliphatic carbocycles. The number of hydrogen-bond donors (Lipinski definition) is 3. The molecule has 1 unspecified atom stereocenters. The van der Waals surface area contributed by atoms with Gasteiger partial charge in [-0.3, -0.25) is 14.4 Å². The van der Waals surface area contributed by atoms with Crippen LogP contribution in [-0.4, -0.2) is 51.9 Å². The van der Waals surface area contributed by atoms with Gasteiger partial charge >= 0.3 is 5.97 Å². The number of fused-ring (bicyclic) bond motifs is 1. The number of ether oxygens (including phenoxy) is 1. The molecule has 0 radical (unpaired) electrons. The molecule has 28 heavy (non-hydrogen) atoms. The maximum absolute atomic E-state index is 11.9. The number of esters is 1. The Labute approximate surface area is 162 Å². The standard InChI is InChI=1S/C19H23N5O4/c1-3-13(11-18(27)28-4-2)22-17(26)12-21-16(25)9-5-8-15-23-14-7-6-10-20-19(14)24-15/h1,6-7,10,13H,4-5,8-9,11-12H2,2H3,(H,21,25)(H,22,26)(H,20,23,24). The number of aromatic nitrogens is 3. The normalized spacial score (nSPS) is 11.4. The first-order valence-electron chi connectivity index (χ1n) is 8.99. The Balaban J connectivity index is 1.66. The maximum Gasteiger partial charge on any atom is 0.308 e. The van der Waals surface area contributed by atoms with Crippen molar-refractivity contribution in [1.82, 2.24) is 25.6 Å². The second kappa shape index (κ2) is 10.7. The molecule has 2 rings (SSSR count). The van der Waals surface area contributed by atoms with Gasteiger partial charge in [0.15, 0.2) is 5.65 Å². The van der Waals surface area contributed by atoms with Crippen LogP contribution in [-0.2, 0) is 25.5 Å². The average Bonchev–Trinajstić information content (AvgIpc) is 3.08. The molecule has 0 saturated carbocycles. The first kappa shape index (κ1) is 20.9. The Morgan fingerprint density at radius 1 is 1.36 bits per heavy atom.